The number of rotatable bonds is 18. The lowest BCUT2D eigenvalue weighted by atomic mass is 9.82. The van der Waals surface area contributed by atoms with E-state index in [0.29, 0.717) is 37.1 Å². The quantitative estimate of drug-likeness (QED) is 0.0823. The molecule has 2 heterocycles. The van der Waals surface area contributed by atoms with Crippen molar-refractivity contribution in [3.63, 3.8) is 0 Å². The fraction of sp³-hybridized carbons (Fsp3) is 0.441. The molecular formula is C34H41N5O8. The van der Waals surface area contributed by atoms with E-state index in [2.05, 4.69) is 16.0 Å². The molecule has 4 N–H and O–H groups in total. The third-order valence-corrected chi connectivity index (χ3v) is 8.06. The van der Waals surface area contributed by atoms with Crippen molar-refractivity contribution in [1.82, 2.24) is 26.2 Å². The van der Waals surface area contributed by atoms with Gasteiger partial charge in [0.25, 0.3) is 11.8 Å². The molecule has 13 nitrogen and oxygen atoms in total. The number of amides is 7. The van der Waals surface area contributed by atoms with Gasteiger partial charge in [-0.3, -0.25) is 39.0 Å². The predicted octanol–water partition coefficient (Wildman–Crippen LogP) is 2.18. The molecule has 2 aromatic rings. The Hall–Kier alpha value is -5.07. The SMILES string of the molecule is O=C(CCCCN1C(=O)NC(c2ccccc2)(c2ccccc2)C1=O)NCCCCCCNC(=O)CCC(=O)OC1CC(=O)NC1=O. The minimum atomic E-state index is -1.29. The van der Waals surface area contributed by atoms with Gasteiger partial charge in [-0.1, -0.05) is 73.5 Å². The van der Waals surface area contributed by atoms with Crippen molar-refractivity contribution < 1.29 is 38.3 Å². The Bertz CT molecular complexity index is 1410. The van der Waals surface area contributed by atoms with Gasteiger partial charge in [-0.15, -0.1) is 0 Å². The summed E-state index contributed by atoms with van der Waals surface area (Å²) in [6.45, 7) is 1.19. The lowest BCUT2D eigenvalue weighted by Gasteiger charge is -2.28. The van der Waals surface area contributed by atoms with Crippen LogP contribution in [0.25, 0.3) is 0 Å². The second kappa shape index (κ2) is 17.0. The summed E-state index contributed by atoms with van der Waals surface area (Å²) in [5.41, 5.74) is 0.0764. The van der Waals surface area contributed by atoms with Gasteiger partial charge < -0.3 is 20.7 Å². The van der Waals surface area contributed by atoms with Crippen molar-refractivity contribution in [2.45, 2.75) is 75.9 Å². The normalized spacial score (nSPS) is 16.9. The summed E-state index contributed by atoms with van der Waals surface area (Å²) in [5, 5.41) is 10.6. The Labute approximate surface area is 273 Å². The van der Waals surface area contributed by atoms with Crippen molar-refractivity contribution in [3.05, 3.63) is 71.8 Å². The van der Waals surface area contributed by atoms with E-state index in [9.17, 15) is 33.6 Å². The van der Waals surface area contributed by atoms with Crippen molar-refractivity contribution in [3.8, 4) is 0 Å². The maximum Gasteiger partial charge on any atom is 0.325 e. The summed E-state index contributed by atoms with van der Waals surface area (Å²) < 4.78 is 4.92. The molecule has 2 aliphatic rings. The van der Waals surface area contributed by atoms with Crippen molar-refractivity contribution in [2.24, 2.45) is 0 Å². The number of imide groups is 2. The van der Waals surface area contributed by atoms with E-state index < -0.39 is 35.5 Å². The van der Waals surface area contributed by atoms with Crippen LogP contribution in [0.2, 0.25) is 0 Å². The number of esters is 1. The van der Waals surface area contributed by atoms with Crippen LogP contribution in [0.1, 0.15) is 75.3 Å². The summed E-state index contributed by atoms with van der Waals surface area (Å²) in [5.74, 6) is -2.58. The minimum Gasteiger partial charge on any atom is -0.452 e. The lowest BCUT2D eigenvalue weighted by molar-refractivity contribution is -0.154. The number of benzene rings is 2. The number of carbonyl (C=O) groups is 7. The average Bonchev–Trinajstić information content (AvgIpc) is 3.52. The van der Waals surface area contributed by atoms with Gasteiger partial charge in [0, 0.05) is 32.5 Å². The Morgan fingerprint density at radius 2 is 1.32 bits per heavy atom. The molecule has 0 saturated carbocycles. The average molecular weight is 648 g/mol. The van der Waals surface area contributed by atoms with Gasteiger partial charge in [0.05, 0.1) is 12.8 Å². The molecule has 0 spiro atoms. The molecule has 0 aromatic heterocycles. The summed E-state index contributed by atoms with van der Waals surface area (Å²) >= 11 is 0. The van der Waals surface area contributed by atoms with E-state index >= 15 is 0 Å². The summed E-state index contributed by atoms with van der Waals surface area (Å²) in [6.07, 6.45) is 2.98. The fourth-order valence-corrected chi connectivity index (χ4v) is 5.56. The first-order valence-electron chi connectivity index (χ1n) is 16.0. The highest BCUT2D eigenvalue weighted by molar-refractivity contribution is 6.09. The first-order valence-corrected chi connectivity index (χ1v) is 16.0. The predicted molar refractivity (Wildman–Crippen MR) is 169 cm³/mol. The van der Waals surface area contributed by atoms with Crippen LogP contribution in [-0.2, 0) is 39.0 Å². The fourth-order valence-electron chi connectivity index (χ4n) is 5.56. The highest BCUT2D eigenvalue weighted by Crippen LogP contribution is 2.36. The zero-order valence-electron chi connectivity index (χ0n) is 26.3. The third kappa shape index (κ3) is 9.47. The van der Waals surface area contributed by atoms with Crippen LogP contribution >= 0.6 is 0 Å². The van der Waals surface area contributed by atoms with Gasteiger partial charge in [-0.25, -0.2) is 4.79 Å². The van der Waals surface area contributed by atoms with E-state index in [1.165, 1.54) is 4.90 Å². The van der Waals surface area contributed by atoms with Gasteiger partial charge in [-0.05, 0) is 36.8 Å². The third-order valence-electron chi connectivity index (χ3n) is 8.06. The van der Waals surface area contributed by atoms with E-state index in [-0.39, 0.29) is 49.9 Å². The molecule has 1 atom stereocenters. The van der Waals surface area contributed by atoms with E-state index in [4.69, 9.17) is 4.74 Å². The standard InChI is InChI=1S/C34H41N5O8/c40-27(35-20-10-1-2-11-21-36-28(41)18-19-30(43)47-26-23-29(42)37-31(26)44)17-9-12-22-39-32(45)34(38-33(39)46,24-13-5-3-6-14-24)25-15-7-4-8-16-25/h3-8,13-16,26H,1-2,9-12,17-23H2,(H,35,40)(H,36,41)(H,38,46)(H,37,42,44). The molecule has 1 unspecified atom stereocenters. The first-order chi connectivity index (χ1) is 22.7. The number of unbranched alkanes of at least 4 members (excludes halogenated alkanes) is 4. The zero-order valence-corrected chi connectivity index (χ0v) is 26.3. The van der Waals surface area contributed by atoms with E-state index in [1.807, 2.05) is 66.0 Å². The molecule has 2 aromatic carbocycles. The van der Waals surface area contributed by atoms with Gasteiger partial charge in [-0.2, -0.15) is 0 Å². The molecular weight excluding hydrogens is 606 g/mol. The topological polar surface area (TPSA) is 180 Å². The maximum atomic E-state index is 13.7. The van der Waals surface area contributed by atoms with Crippen LogP contribution in [0.15, 0.2) is 60.7 Å². The van der Waals surface area contributed by atoms with Crippen molar-refractivity contribution in [1.29, 1.82) is 0 Å². The number of urea groups is 1. The monoisotopic (exact) mass is 647 g/mol. The van der Waals surface area contributed by atoms with Gasteiger partial charge in [0.15, 0.2) is 11.6 Å². The summed E-state index contributed by atoms with van der Waals surface area (Å²) in [6, 6.07) is 17.9. The van der Waals surface area contributed by atoms with Crippen LogP contribution in [-0.4, -0.2) is 72.2 Å². The molecule has 0 radical (unpaired) electrons. The number of nitrogens with one attached hydrogen (secondary N) is 4. The van der Waals surface area contributed by atoms with Gasteiger partial charge in [0.2, 0.25) is 17.7 Å². The second-order valence-corrected chi connectivity index (χ2v) is 11.5. The molecule has 2 fully saturated rings. The largest absolute Gasteiger partial charge is 0.452 e. The Balaban J connectivity index is 1.04. The molecule has 7 amide bonds. The van der Waals surface area contributed by atoms with Crippen molar-refractivity contribution >= 4 is 41.5 Å². The Morgan fingerprint density at radius 1 is 0.745 bits per heavy atom. The molecule has 4 rings (SSSR count). The smallest absolute Gasteiger partial charge is 0.325 e. The molecule has 0 bridgehead atoms. The highest BCUT2D eigenvalue weighted by Gasteiger charge is 2.53. The minimum absolute atomic E-state index is 0.0726. The number of carbonyl (C=O) groups excluding carboxylic acids is 7. The lowest BCUT2D eigenvalue weighted by Crippen LogP contribution is -2.45. The number of ether oxygens (including phenoxy) is 1. The van der Waals surface area contributed by atoms with Crippen LogP contribution in [0.4, 0.5) is 4.79 Å². The van der Waals surface area contributed by atoms with Crippen LogP contribution in [0.5, 0.6) is 0 Å². The van der Waals surface area contributed by atoms with Crippen molar-refractivity contribution in [2.75, 3.05) is 19.6 Å². The highest BCUT2D eigenvalue weighted by atomic mass is 16.5. The first kappa shape index (κ1) is 34.8. The molecule has 2 aliphatic heterocycles. The van der Waals surface area contributed by atoms with E-state index in [0.717, 1.165) is 25.7 Å². The van der Waals surface area contributed by atoms with E-state index in [1.54, 1.807) is 0 Å². The van der Waals surface area contributed by atoms with Gasteiger partial charge >= 0.3 is 12.0 Å². The Morgan fingerprint density at radius 3 is 1.87 bits per heavy atom. The van der Waals surface area contributed by atoms with Crippen LogP contribution in [0, 0.1) is 0 Å². The zero-order chi connectivity index (χ0) is 33.6. The Kier molecular flexibility index (Phi) is 12.6. The second-order valence-electron chi connectivity index (χ2n) is 11.5. The van der Waals surface area contributed by atoms with Crippen LogP contribution < -0.4 is 21.3 Å². The maximum absolute atomic E-state index is 13.7. The van der Waals surface area contributed by atoms with Crippen LogP contribution in [0.3, 0.4) is 0 Å². The van der Waals surface area contributed by atoms with Gasteiger partial charge in [0.1, 0.15) is 0 Å². The summed E-state index contributed by atoms with van der Waals surface area (Å²) in [4.78, 5) is 86.5. The molecule has 2 saturated heterocycles. The number of nitrogens with zero attached hydrogens (tertiary/aromatic N) is 1. The molecule has 13 heteroatoms. The number of hydrogen-bond acceptors (Lipinski definition) is 8. The summed E-state index contributed by atoms with van der Waals surface area (Å²) in [7, 11) is 0. The molecule has 250 valence electrons. The molecule has 47 heavy (non-hydrogen) atoms. The number of hydrogen-bond donors (Lipinski definition) is 4. The molecule has 0 aliphatic carbocycles.